The van der Waals surface area contributed by atoms with Crippen molar-refractivity contribution in [2.45, 2.75) is 32.9 Å². The number of hydrazine groups is 1. The van der Waals surface area contributed by atoms with Crippen molar-refractivity contribution in [3.8, 4) is 0 Å². The number of carbonyl (C=O) groups excluding carboxylic acids is 1. The summed E-state index contributed by atoms with van der Waals surface area (Å²) in [5.41, 5.74) is 3.74. The van der Waals surface area contributed by atoms with Crippen LogP contribution < -0.4 is 15.8 Å². The molecule has 2 rings (SSSR count). The van der Waals surface area contributed by atoms with Crippen LogP contribution in [0, 0.1) is 5.92 Å². The molecule has 0 radical (unpaired) electrons. The first-order valence-corrected chi connectivity index (χ1v) is 5.95. The smallest absolute Gasteiger partial charge is 0.317 e. The lowest BCUT2D eigenvalue weighted by atomic mass is 10.0. The highest BCUT2D eigenvalue weighted by Crippen LogP contribution is 2.23. The average Bonchev–Trinajstić information content (AvgIpc) is 2.54. The fraction of sp³-hybridized carbons (Fsp3) is 0.462. The molecule has 1 saturated heterocycles. The van der Waals surface area contributed by atoms with Crippen LogP contribution in [0.3, 0.4) is 0 Å². The van der Waals surface area contributed by atoms with E-state index in [1.807, 2.05) is 37.3 Å². The van der Waals surface area contributed by atoms with E-state index in [1.54, 1.807) is 5.01 Å². The van der Waals surface area contributed by atoms with Gasteiger partial charge in [-0.25, -0.2) is 15.2 Å². The minimum atomic E-state index is -0.360. The summed E-state index contributed by atoms with van der Waals surface area (Å²) in [6.45, 7) is 6.29. The van der Waals surface area contributed by atoms with Gasteiger partial charge in [0.1, 0.15) is 5.66 Å². The van der Waals surface area contributed by atoms with E-state index < -0.39 is 0 Å². The van der Waals surface area contributed by atoms with Gasteiger partial charge in [-0.15, -0.1) is 0 Å². The van der Waals surface area contributed by atoms with Crippen LogP contribution in [0.1, 0.15) is 27.2 Å². The summed E-state index contributed by atoms with van der Waals surface area (Å²) in [6.07, 6.45) is 0.891. The molecular formula is C13H19N3O. The number of urea groups is 1. The van der Waals surface area contributed by atoms with Crippen molar-refractivity contribution in [3.05, 3.63) is 30.3 Å². The first-order valence-electron chi connectivity index (χ1n) is 5.95. The Morgan fingerprint density at radius 1 is 1.29 bits per heavy atom. The van der Waals surface area contributed by atoms with Gasteiger partial charge in [-0.05, 0) is 31.4 Å². The van der Waals surface area contributed by atoms with Gasteiger partial charge in [-0.1, -0.05) is 32.0 Å². The molecule has 1 fully saturated rings. The Bertz CT molecular complexity index is 404. The summed E-state index contributed by atoms with van der Waals surface area (Å²) in [6, 6.07) is 9.50. The van der Waals surface area contributed by atoms with E-state index >= 15 is 0 Å². The standard InChI is InChI=1S/C13H19N3O/c1-10(2)9-13(3)14-12(17)16(15-13)11-7-5-4-6-8-11/h4-8,10,15H,9H2,1-3H3,(H,14,17). The fourth-order valence-electron chi connectivity index (χ4n) is 2.29. The summed E-state index contributed by atoms with van der Waals surface area (Å²) >= 11 is 0. The van der Waals surface area contributed by atoms with Crippen LogP contribution >= 0.6 is 0 Å². The maximum atomic E-state index is 11.9. The summed E-state index contributed by atoms with van der Waals surface area (Å²) in [5, 5.41) is 4.56. The minimum absolute atomic E-state index is 0.0978. The van der Waals surface area contributed by atoms with E-state index in [1.165, 1.54) is 0 Å². The number of anilines is 1. The third-order valence-corrected chi connectivity index (χ3v) is 2.78. The molecule has 92 valence electrons. The maximum absolute atomic E-state index is 11.9. The summed E-state index contributed by atoms with van der Waals surface area (Å²) < 4.78 is 0. The number of benzene rings is 1. The normalized spacial score (nSPS) is 24.2. The topological polar surface area (TPSA) is 44.4 Å². The van der Waals surface area contributed by atoms with E-state index in [-0.39, 0.29) is 11.7 Å². The first-order chi connectivity index (χ1) is 8.00. The van der Waals surface area contributed by atoms with Gasteiger partial charge in [0.15, 0.2) is 0 Å². The molecule has 2 N–H and O–H groups in total. The average molecular weight is 233 g/mol. The lowest BCUT2D eigenvalue weighted by molar-refractivity contribution is 0.243. The predicted octanol–water partition coefficient (Wildman–Crippen LogP) is 2.48. The van der Waals surface area contributed by atoms with E-state index in [9.17, 15) is 4.79 Å². The second-order valence-electron chi connectivity index (χ2n) is 5.14. The van der Waals surface area contributed by atoms with Gasteiger partial charge < -0.3 is 5.32 Å². The van der Waals surface area contributed by atoms with Crippen LogP contribution in [0.4, 0.5) is 10.5 Å². The molecule has 2 amide bonds. The van der Waals surface area contributed by atoms with Gasteiger partial charge in [0, 0.05) is 0 Å². The number of nitrogens with one attached hydrogen (secondary N) is 2. The zero-order valence-electron chi connectivity index (χ0n) is 10.5. The van der Waals surface area contributed by atoms with Crippen LogP contribution in [-0.2, 0) is 0 Å². The zero-order chi connectivity index (χ0) is 12.5. The van der Waals surface area contributed by atoms with Gasteiger partial charge in [-0.2, -0.15) is 0 Å². The Balaban J connectivity index is 2.15. The van der Waals surface area contributed by atoms with Gasteiger partial charge in [0.05, 0.1) is 5.69 Å². The summed E-state index contributed by atoms with van der Waals surface area (Å²) in [7, 11) is 0. The number of amides is 2. The molecule has 1 aliphatic heterocycles. The van der Waals surface area contributed by atoms with Crippen molar-refractivity contribution < 1.29 is 4.79 Å². The van der Waals surface area contributed by atoms with Crippen LogP contribution in [0.5, 0.6) is 0 Å². The van der Waals surface area contributed by atoms with Gasteiger partial charge >= 0.3 is 6.03 Å². The van der Waals surface area contributed by atoms with Crippen molar-refractivity contribution in [1.29, 1.82) is 0 Å². The van der Waals surface area contributed by atoms with E-state index in [0.29, 0.717) is 5.92 Å². The Morgan fingerprint density at radius 3 is 2.53 bits per heavy atom. The number of carbonyl (C=O) groups is 1. The third-order valence-electron chi connectivity index (χ3n) is 2.78. The molecule has 0 bridgehead atoms. The van der Waals surface area contributed by atoms with Crippen LogP contribution in [-0.4, -0.2) is 11.7 Å². The van der Waals surface area contributed by atoms with E-state index in [0.717, 1.165) is 12.1 Å². The highest BCUT2D eigenvalue weighted by Gasteiger charge is 2.38. The molecule has 0 aliphatic carbocycles. The number of hydrogen-bond acceptors (Lipinski definition) is 2. The largest absolute Gasteiger partial charge is 0.338 e. The highest BCUT2D eigenvalue weighted by molar-refractivity contribution is 5.93. The molecule has 0 aromatic heterocycles. The van der Waals surface area contributed by atoms with Crippen molar-refractivity contribution in [2.24, 2.45) is 5.92 Å². The quantitative estimate of drug-likeness (QED) is 0.842. The molecule has 17 heavy (non-hydrogen) atoms. The van der Waals surface area contributed by atoms with E-state index in [4.69, 9.17) is 0 Å². The second-order valence-corrected chi connectivity index (χ2v) is 5.14. The molecule has 4 nitrogen and oxygen atoms in total. The van der Waals surface area contributed by atoms with Gasteiger partial charge in [0.2, 0.25) is 0 Å². The second kappa shape index (κ2) is 4.37. The fourth-order valence-corrected chi connectivity index (χ4v) is 2.29. The van der Waals surface area contributed by atoms with Gasteiger partial charge in [-0.3, -0.25) is 0 Å². The molecule has 1 aliphatic rings. The minimum Gasteiger partial charge on any atom is -0.317 e. The Kier molecular flexibility index (Phi) is 3.07. The van der Waals surface area contributed by atoms with Crippen LogP contribution in [0.25, 0.3) is 0 Å². The highest BCUT2D eigenvalue weighted by atomic mass is 16.2. The van der Waals surface area contributed by atoms with Crippen molar-refractivity contribution >= 4 is 11.7 Å². The number of hydrogen-bond donors (Lipinski definition) is 2. The third kappa shape index (κ3) is 2.58. The van der Waals surface area contributed by atoms with Crippen LogP contribution in [0.15, 0.2) is 30.3 Å². The molecule has 1 atom stereocenters. The molecule has 1 aromatic carbocycles. The van der Waals surface area contributed by atoms with Crippen molar-refractivity contribution in [2.75, 3.05) is 5.01 Å². The Hall–Kier alpha value is -1.55. The summed E-state index contributed by atoms with van der Waals surface area (Å²) in [4.78, 5) is 11.9. The molecule has 4 heteroatoms. The molecule has 0 spiro atoms. The van der Waals surface area contributed by atoms with Crippen molar-refractivity contribution in [3.63, 3.8) is 0 Å². The van der Waals surface area contributed by atoms with Crippen molar-refractivity contribution in [1.82, 2.24) is 10.7 Å². The summed E-state index contributed by atoms with van der Waals surface area (Å²) in [5.74, 6) is 0.517. The Morgan fingerprint density at radius 2 is 1.94 bits per heavy atom. The molecule has 1 unspecified atom stereocenters. The SMILES string of the molecule is CC(C)CC1(C)NC(=O)N(c2ccccc2)N1. The molecule has 0 saturated carbocycles. The Labute approximate surface area is 102 Å². The lowest BCUT2D eigenvalue weighted by Gasteiger charge is -2.26. The van der Waals surface area contributed by atoms with E-state index in [2.05, 4.69) is 24.6 Å². The number of para-hydroxylation sites is 1. The molecular weight excluding hydrogens is 214 g/mol. The number of nitrogens with zero attached hydrogens (tertiary/aromatic N) is 1. The maximum Gasteiger partial charge on any atom is 0.338 e. The first kappa shape index (κ1) is 11.9. The monoisotopic (exact) mass is 233 g/mol. The molecule has 1 heterocycles. The zero-order valence-corrected chi connectivity index (χ0v) is 10.5. The predicted molar refractivity (Wildman–Crippen MR) is 68.4 cm³/mol. The molecule has 1 aromatic rings. The van der Waals surface area contributed by atoms with Gasteiger partial charge in [0.25, 0.3) is 0 Å². The van der Waals surface area contributed by atoms with Crippen LogP contribution in [0.2, 0.25) is 0 Å². The number of rotatable bonds is 3. The lowest BCUT2D eigenvalue weighted by Crippen LogP contribution is -2.49.